The molecule has 168 valence electrons. The smallest absolute Gasteiger partial charge is 0.257 e. The summed E-state index contributed by atoms with van der Waals surface area (Å²) in [4.78, 5) is 18.4. The van der Waals surface area contributed by atoms with E-state index in [2.05, 4.69) is 25.8 Å². The molecule has 0 bridgehead atoms. The zero-order valence-electron chi connectivity index (χ0n) is 18.4. The number of nitrogens with one attached hydrogen (secondary N) is 3. The maximum atomic E-state index is 11.6. The van der Waals surface area contributed by atoms with Crippen molar-refractivity contribution < 1.29 is 13.9 Å². The largest absolute Gasteiger partial charge is 0.484 e. The zero-order chi connectivity index (χ0) is 21.9. The van der Waals surface area contributed by atoms with Crippen LogP contribution in [0, 0.1) is 0 Å². The Morgan fingerprint density at radius 3 is 2.74 bits per heavy atom. The molecule has 1 saturated heterocycles. The highest BCUT2D eigenvalue weighted by Gasteiger charge is 2.25. The molecule has 1 aromatic carbocycles. The predicted molar refractivity (Wildman–Crippen MR) is 121 cm³/mol. The van der Waals surface area contributed by atoms with E-state index in [1.165, 1.54) is 12.8 Å². The van der Waals surface area contributed by atoms with Crippen LogP contribution in [-0.2, 0) is 11.3 Å². The Balaban J connectivity index is 1.51. The van der Waals surface area contributed by atoms with Crippen molar-refractivity contribution in [1.29, 1.82) is 0 Å². The van der Waals surface area contributed by atoms with Crippen LogP contribution in [-0.4, -0.2) is 56.6 Å². The lowest BCUT2D eigenvalue weighted by atomic mass is 10.2. The lowest BCUT2D eigenvalue weighted by Gasteiger charge is -2.26. The van der Waals surface area contributed by atoms with Gasteiger partial charge in [0.1, 0.15) is 11.5 Å². The number of carbonyl (C=O) groups excluding carboxylic acids is 1. The molecule has 31 heavy (non-hydrogen) atoms. The van der Waals surface area contributed by atoms with E-state index in [9.17, 15) is 4.79 Å². The summed E-state index contributed by atoms with van der Waals surface area (Å²) in [6.45, 7) is 5.96. The van der Waals surface area contributed by atoms with Gasteiger partial charge in [0.05, 0.1) is 12.3 Å². The van der Waals surface area contributed by atoms with E-state index < -0.39 is 0 Å². The Kier molecular flexibility index (Phi) is 8.78. The number of carbonyl (C=O) groups is 1. The van der Waals surface area contributed by atoms with Crippen LogP contribution in [0.4, 0.5) is 0 Å². The number of hydrogen-bond acceptors (Lipinski definition) is 5. The lowest BCUT2D eigenvalue weighted by molar-refractivity contribution is -0.122. The molecular weight excluding hydrogens is 394 g/mol. The van der Waals surface area contributed by atoms with Crippen molar-refractivity contribution in [1.82, 2.24) is 20.9 Å². The summed E-state index contributed by atoms with van der Waals surface area (Å²) in [6, 6.07) is 11.9. The summed E-state index contributed by atoms with van der Waals surface area (Å²) in [5, 5.41) is 9.49. The molecule has 0 radical (unpaired) electrons. The Labute approximate surface area is 184 Å². The normalized spacial score (nSPS) is 15.5. The molecule has 2 heterocycles. The third-order valence-corrected chi connectivity index (χ3v) is 5.24. The molecule has 1 atom stereocenters. The Morgan fingerprint density at radius 1 is 1.19 bits per heavy atom. The average Bonchev–Trinajstić information content (AvgIpc) is 3.50. The van der Waals surface area contributed by atoms with E-state index in [1.54, 1.807) is 13.3 Å². The number of ether oxygens (including phenoxy) is 1. The maximum absolute atomic E-state index is 11.6. The van der Waals surface area contributed by atoms with Crippen molar-refractivity contribution in [3.8, 4) is 5.75 Å². The molecule has 8 nitrogen and oxygen atoms in total. The van der Waals surface area contributed by atoms with Gasteiger partial charge in [-0.15, -0.1) is 0 Å². The summed E-state index contributed by atoms with van der Waals surface area (Å²) < 4.78 is 11.3. The number of likely N-dealkylation sites (tertiary alicyclic amines) is 1. The Bertz CT molecular complexity index is 831. The molecule has 0 aliphatic carbocycles. The number of aliphatic imine (C=N–C) groups is 1. The van der Waals surface area contributed by atoms with Gasteiger partial charge in [0.15, 0.2) is 12.6 Å². The van der Waals surface area contributed by atoms with Crippen LogP contribution >= 0.6 is 0 Å². The summed E-state index contributed by atoms with van der Waals surface area (Å²) in [7, 11) is 1.76. The summed E-state index contributed by atoms with van der Waals surface area (Å²) in [6.07, 6.45) is 4.18. The summed E-state index contributed by atoms with van der Waals surface area (Å²) in [5.41, 5.74) is 1.04. The highest BCUT2D eigenvalue weighted by atomic mass is 16.5. The molecule has 3 N–H and O–H groups in total. The summed E-state index contributed by atoms with van der Waals surface area (Å²) >= 11 is 0. The molecule has 1 aromatic heterocycles. The van der Waals surface area contributed by atoms with Crippen LogP contribution in [0.5, 0.6) is 5.75 Å². The van der Waals surface area contributed by atoms with Crippen molar-refractivity contribution in [2.75, 3.05) is 39.8 Å². The van der Waals surface area contributed by atoms with E-state index in [1.807, 2.05) is 43.3 Å². The van der Waals surface area contributed by atoms with E-state index >= 15 is 0 Å². The number of nitrogens with zero attached hydrogens (tertiary/aromatic N) is 2. The fourth-order valence-electron chi connectivity index (χ4n) is 3.69. The highest BCUT2D eigenvalue weighted by Crippen LogP contribution is 2.24. The van der Waals surface area contributed by atoms with Crippen LogP contribution < -0.4 is 20.7 Å². The van der Waals surface area contributed by atoms with E-state index in [0.29, 0.717) is 25.4 Å². The van der Waals surface area contributed by atoms with Gasteiger partial charge < -0.3 is 25.1 Å². The van der Waals surface area contributed by atoms with Gasteiger partial charge in [-0.3, -0.25) is 14.7 Å². The number of guanidine groups is 1. The van der Waals surface area contributed by atoms with Crippen molar-refractivity contribution in [2.45, 2.75) is 32.4 Å². The molecule has 2 aromatic rings. The minimum atomic E-state index is -0.125. The summed E-state index contributed by atoms with van der Waals surface area (Å²) in [5.74, 6) is 2.24. The van der Waals surface area contributed by atoms with Crippen LogP contribution in [0.1, 0.15) is 37.1 Å². The monoisotopic (exact) mass is 427 g/mol. The van der Waals surface area contributed by atoms with Crippen LogP contribution in [0.25, 0.3) is 0 Å². The second kappa shape index (κ2) is 12.0. The average molecular weight is 428 g/mol. The Morgan fingerprint density at radius 2 is 2.03 bits per heavy atom. The predicted octanol–water partition coefficient (Wildman–Crippen LogP) is 2.30. The first kappa shape index (κ1) is 22.7. The standard InChI is InChI=1S/C23H33N5O3/c1-3-25-22(29)17-31-19-9-6-8-18(14-19)15-26-23(24-2)27-16-20(21-10-7-13-30-21)28-11-4-5-12-28/h6-10,13-14,20H,3-5,11-12,15-17H2,1-2H3,(H,25,29)(H2,24,26,27). The van der Waals surface area contributed by atoms with Gasteiger partial charge in [0.2, 0.25) is 0 Å². The third-order valence-electron chi connectivity index (χ3n) is 5.24. The second-order valence-corrected chi connectivity index (χ2v) is 7.47. The Hall–Kier alpha value is -3.00. The number of rotatable bonds is 10. The van der Waals surface area contributed by atoms with Gasteiger partial charge in [-0.25, -0.2) is 0 Å². The van der Waals surface area contributed by atoms with Gasteiger partial charge in [0.25, 0.3) is 5.91 Å². The van der Waals surface area contributed by atoms with Crippen molar-refractivity contribution in [3.05, 3.63) is 54.0 Å². The van der Waals surface area contributed by atoms with Crippen LogP contribution in [0.3, 0.4) is 0 Å². The van der Waals surface area contributed by atoms with Gasteiger partial charge >= 0.3 is 0 Å². The number of hydrogen-bond donors (Lipinski definition) is 3. The molecule has 0 saturated carbocycles. The number of benzene rings is 1. The third kappa shape index (κ3) is 7.03. The molecule has 3 rings (SSSR count). The molecule has 1 aliphatic rings. The van der Waals surface area contributed by atoms with E-state index in [0.717, 1.165) is 30.4 Å². The molecule has 0 spiro atoms. The van der Waals surface area contributed by atoms with Gasteiger partial charge in [-0.2, -0.15) is 0 Å². The van der Waals surface area contributed by atoms with Crippen molar-refractivity contribution in [2.24, 2.45) is 4.99 Å². The molecule has 1 unspecified atom stereocenters. The molecule has 1 amide bonds. The van der Waals surface area contributed by atoms with E-state index in [-0.39, 0.29) is 18.6 Å². The molecule has 1 fully saturated rings. The van der Waals surface area contributed by atoms with Gasteiger partial charge in [-0.05, 0) is 62.7 Å². The molecular formula is C23H33N5O3. The molecule has 8 heteroatoms. The maximum Gasteiger partial charge on any atom is 0.257 e. The van der Waals surface area contributed by atoms with Gasteiger partial charge in [0, 0.05) is 26.7 Å². The SMILES string of the molecule is CCNC(=O)COc1cccc(CNC(=NC)NCC(c2ccco2)N2CCCC2)c1. The topological polar surface area (TPSA) is 91.1 Å². The van der Waals surface area contributed by atoms with Crippen molar-refractivity contribution >= 4 is 11.9 Å². The molecule has 1 aliphatic heterocycles. The number of amides is 1. The van der Waals surface area contributed by atoms with E-state index in [4.69, 9.17) is 9.15 Å². The van der Waals surface area contributed by atoms with Crippen molar-refractivity contribution in [3.63, 3.8) is 0 Å². The quantitative estimate of drug-likeness (QED) is 0.398. The first-order chi connectivity index (χ1) is 15.2. The second-order valence-electron chi connectivity index (χ2n) is 7.47. The number of furan rings is 1. The van der Waals surface area contributed by atoms with Crippen LogP contribution in [0.2, 0.25) is 0 Å². The minimum absolute atomic E-state index is 0.0125. The fourth-order valence-corrected chi connectivity index (χ4v) is 3.69. The fraction of sp³-hybridized carbons (Fsp3) is 0.478. The number of likely N-dealkylation sites (N-methyl/N-ethyl adjacent to an activating group) is 1. The minimum Gasteiger partial charge on any atom is -0.484 e. The first-order valence-corrected chi connectivity index (χ1v) is 10.9. The highest BCUT2D eigenvalue weighted by molar-refractivity contribution is 5.79. The first-order valence-electron chi connectivity index (χ1n) is 10.9. The lowest BCUT2D eigenvalue weighted by Crippen LogP contribution is -2.42. The van der Waals surface area contributed by atoms with Crippen LogP contribution in [0.15, 0.2) is 52.1 Å². The zero-order valence-corrected chi connectivity index (χ0v) is 18.4. The van der Waals surface area contributed by atoms with Gasteiger partial charge in [-0.1, -0.05) is 12.1 Å².